The van der Waals surface area contributed by atoms with Crippen LogP contribution in [0.3, 0.4) is 0 Å². The van der Waals surface area contributed by atoms with Crippen molar-refractivity contribution in [2.75, 3.05) is 40.4 Å². The number of para-hydroxylation sites is 1. The first kappa shape index (κ1) is 32.0. The maximum Gasteiger partial charge on any atom is 0.506 e. The number of amides is 2. The Hall–Kier alpha value is -3.96. The lowest BCUT2D eigenvalue weighted by Crippen LogP contribution is -2.48. The minimum Gasteiger partial charge on any atom is -0.493 e. The van der Waals surface area contributed by atoms with Gasteiger partial charge >= 0.3 is 12.3 Å². The predicted octanol–water partition coefficient (Wildman–Crippen LogP) is 5.51. The van der Waals surface area contributed by atoms with Gasteiger partial charge in [0, 0.05) is 44.0 Å². The highest BCUT2D eigenvalue weighted by atomic mass is 19.4. The minimum absolute atomic E-state index is 0.0396. The van der Waals surface area contributed by atoms with Crippen LogP contribution in [0.4, 0.5) is 18.0 Å². The smallest absolute Gasteiger partial charge is 0.493 e. The number of rotatable bonds is 8. The molecule has 1 N–H and O–H groups in total. The topological polar surface area (TPSA) is 106 Å². The van der Waals surface area contributed by atoms with E-state index in [0.29, 0.717) is 47.5 Å². The van der Waals surface area contributed by atoms with Crippen LogP contribution >= 0.6 is 0 Å². The Morgan fingerprint density at radius 2 is 1.72 bits per heavy atom. The van der Waals surface area contributed by atoms with E-state index in [4.69, 9.17) is 19.3 Å². The summed E-state index contributed by atoms with van der Waals surface area (Å²) in [6.07, 6.45) is -5.45. The van der Waals surface area contributed by atoms with Gasteiger partial charge in [0.15, 0.2) is 11.5 Å². The molecule has 1 fully saturated rings. The van der Waals surface area contributed by atoms with E-state index in [1.807, 2.05) is 13.8 Å². The van der Waals surface area contributed by atoms with Crippen LogP contribution in [-0.2, 0) is 20.5 Å². The normalized spacial score (nSPS) is 19.6. The Labute approximate surface area is 248 Å². The summed E-state index contributed by atoms with van der Waals surface area (Å²) in [5, 5.41) is 8.90. The van der Waals surface area contributed by atoms with Crippen molar-refractivity contribution in [2.45, 2.75) is 57.2 Å². The molecule has 12 heteroatoms. The monoisotopic (exact) mass is 606 g/mol. The quantitative estimate of drug-likeness (QED) is 0.395. The first-order chi connectivity index (χ1) is 20.3. The van der Waals surface area contributed by atoms with Crippen LogP contribution in [0.15, 0.2) is 36.4 Å². The highest BCUT2D eigenvalue weighted by Gasteiger charge is 2.41. The summed E-state index contributed by atoms with van der Waals surface area (Å²) in [5.74, 6) is -1.43. The molecule has 0 aliphatic carbocycles. The van der Waals surface area contributed by atoms with Crippen molar-refractivity contribution in [1.29, 1.82) is 0 Å². The highest BCUT2D eigenvalue weighted by Crippen LogP contribution is 2.45. The molecule has 43 heavy (non-hydrogen) atoms. The van der Waals surface area contributed by atoms with Crippen LogP contribution in [0.25, 0.3) is 0 Å². The molecular weight excluding hydrogens is 569 g/mol. The number of methoxy groups -OCH3 is 2. The van der Waals surface area contributed by atoms with Crippen molar-refractivity contribution < 1.29 is 46.9 Å². The molecule has 4 rings (SSSR count). The number of likely N-dealkylation sites (tertiary alicyclic amines) is 1. The Balaban J connectivity index is 1.78. The average molecular weight is 607 g/mol. The van der Waals surface area contributed by atoms with Gasteiger partial charge in [-0.1, -0.05) is 32.0 Å². The summed E-state index contributed by atoms with van der Waals surface area (Å²) in [5.41, 5.74) is 0.541. The Morgan fingerprint density at radius 1 is 1.02 bits per heavy atom. The van der Waals surface area contributed by atoms with Gasteiger partial charge in [-0.3, -0.25) is 9.59 Å². The number of fused-ring (bicyclic) bond motifs is 1. The van der Waals surface area contributed by atoms with Crippen LogP contribution in [0.5, 0.6) is 11.5 Å². The fourth-order valence-electron chi connectivity index (χ4n) is 6.06. The molecule has 0 spiro atoms. The lowest BCUT2D eigenvalue weighted by atomic mass is 9.81. The van der Waals surface area contributed by atoms with Crippen LogP contribution in [0.1, 0.15) is 67.2 Å². The van der Waals surface area contributed by atoms with Crippen molar-refractivity contribution in [1.82, 2.24) is 9.80 Å². The zero-order valence-electron chi connectivity index (χ0n) is 24.6. The summed E-state index contributed by atoms with van der Waals surface area (Å²) in [6, 6.07) is 8.62. The fraction of sp³-hybridized carbons (Fsp3) is 0.516. The first-order valence-electron chi connectivity index (χ1n) is 14.2. The summed E-state index contributed by atoms with van der Waals surface area (Å²) < 4.78 is 57.9. The summed E-state index contributed by atoms with van der Waals surface area (Å²) in [6.45, 7) is 4.05. The number of carboxylic acid groups (broad SMARTS) is 1. The third kappa shape index (κ3) is 7.17. The number of benzene rings is 2. The van der Waals surface area contributed by atoms with Crippen LogP contribution < -0.4 is 9.47 Å². The maximum absolute atomic E-state index is 14.2. The second kappa shape index (κ2) is 13.1. The Kier molecular flexibility index (Phi) is 9.76. The molecule has 2 aliphatic rings. The third-order valence-electron chi connectivity index (χ3n) is 8.08. The van der Waals surface area contributed by atoms with Gasteiger partial charge in [0.05, 0.1) is 32.2 Å². The molecule has 0 radical (unpaired) electrons. The Bertz CT molecular complexity index is 1340. The van der Waals surface area contributed by atoms with E-state index >= 15 is 0 Å². The predicted molar refractivity (Wildman–Crippen MR) is 150 cm³/mol. The van der Waals surface area contributed by atoms with E-state index < -0.39 is 35.8 Å². The number of hydrogen-bond donors (Lipinski definition) is 1. The van der Waals surface area contributed by atoms with Gasteiger partial charge in [0.2, 0.25) is 11.8 Å². The summed E-state index contributed by atoms with van der Waals surface area (Å²) in [4.78, 5) is 41.5. The molecule has 1 saturated heterocycles. The first-order valence-corrected chi connectivity index (χ1v) is 14.2. The standard InChI is InChI=1S/C31H37F3N2O7/c1-18(2)14-24-21-9-8-19(31(32,33)34)15-23(21)25(22-6-5-7-26(41-3)28(22)42-4)16-36(29(24)38)17-27(37)35-12-10-20(11-13-35)43-30(39)40/h5-9,15,18,20,24-25H,10-14,16-17H2,1-4H3,(H,39,40). The molecule has 2 unspecified atom stereocenters. The molecule has 0 aromatic heterocycles. The van der Waals surface area contributed by atoms with Gasteiger partial charge in [0.25, 0.3) is 0 Å². The molecule has 2 aromatic rings. The molecule has 2 heterocycles. The number of ether oxygens (including phenoxy) is 3. The van der Waals surface area contributed by atoms with Crippen LogP contribution in [0.2, 0.25) is 0 Å². The summed E-state index contributed by atoms with van der Waals surface area (Å²) in [7, 11) is 2.90. The number of carbonyl (C=O) groups excluding carboxylic acids is 2. The number of alkyl halides is 3. The molecule has 2 aromatic carbocycles. The van der Waals surface area contributed by atoms with Gasteiger partial charge in [-0.25, -0.2) is 4.79 Å². The largest absolute Gasteiger partial charge is 0.506 e. The molecular formula is C31H37F3N2O7. The SMILES string of the molecule is COc1cccc(C2CN(CC(=O)N3CCC(OC(=O)O)CC3)C(=O)C(CC(C)C)c3ccc(C(F)(F)F)cc32)c1OC. The zero-order chi connectivity index (χ0) is 31.5. The number of nitrogens with zero attached hydrogens (tertiary/aromatic N) is 2. The summed E-state index contributed by atoms with van der Waals surface area (Å²) >= 11 is 0. The number of carbonyl (C=O) groups is 3. The van der Waals surface area contributed by atoms with Crippen molar-refractivity contribution in [3.8, 4) is 11.5 Å². The van der Waals surface area contributed by atoms with Crippen molar-refractivity contribution >= 4 is 18.0 Å². The van der Waals surface area contributed by atoms with E-state index in [1.165, 1.54) is 25.2 Å². The maximum atomic E-state index is 14.2. The molecule has 2 aliphatic heterocycles. The van der Waals surface area contributed by atoms with Crippen LogP contribution in [0, 0.1) is 5.92 Å². The molecule has 2 atom stereocenters. The second-order valence-electron chi connectivity index (χ2n) is 11.3. The third-order valence-corrected chi connectivity index (χ3v) is 8.08. The van der Waals surface area contributed by atoms with Gasteiger partial charge in [-0.05, 0) is 41.7 Å². The van der Waals surface area contributed by atoms with Gasteiger partial charge < -0.3 is 29.1 Å². The number of piperidine rings is 1. The van der Waals surface area contributed by atoms with E-state index in [9.17, 15) is 27.6 Å². The molecule has 2 amide bonds. The number of hydrogen-bond acceptors (Lipinski definition) is 6. The van der Waals surface area contributed by atoms with Gasteiger partial charge in [-0.2, -0.15) is 13.2 Å². The Morgan fingerprint density at radius 3 is 2.30 bits per heavy atom. The van der Waals surface area contributed by atoms with Crippen molar-refractivity contribution in [3.63, 3.8) is 0 Å². The second-order valence-corrected chi connectivity index (χ2v) is 11.3. The molecule has 9 nitrogen and oxygen atoms in total. The molecule has 234 valence electrons. The van der Waals surface area contributed by atoms with Gasteiger partial charge in [0.1, 0.15) is 6.10 Å². The van der Waals surface area contributed by atoms with Crippen molar-refractivity contribution in [3.05, 3.63) is 58.7 Å². The fourth-order valence-corrected chi connectivity index (χ4v) is 6.06. The lowest BCUT2D eigenvalue weighted by Gasteiger charge is -2.34. The average Bonchev–Trinajstić information content (AvgIpc) is 3.06. The lowest BCUT2D eigenvalue weighted by molar-refractivity contribution is -0.142. The van der Waals surface area contributed by atoms with Gasteiger partial charge in [-0.15, -0.1) is 0 Å². The van der Waals surface area contributed by atoms with Crippen LogP contribution in [-0.4, -0.2) is 79.4 Å². The molecule has 0 bridgehead atoms. The van der Waals surface area contributed by atoms with E-state index in [2.05, 4.69) is 0 Å². The number of halogens is 3. The highest BCUT2D eigenvalue weighted by molar-refractivity contribution is 5.90. The van der Waals surface area contributed by atoms with E-state index in [1.54, 1.807) is 23.1 Å². The van der Waals surface area contributed by atoms with Crippen molar-refractivity contribution in [2.24, 2.45) is 5.92 Å². The zero-order valence-corrected chi connectivity index (χ0v) is 24.6. The minimum atomic E-state index is -4.60. The van der Waals surface area contributed by atoms with E-state index in [0.717, 1.165) is 12.1 Å². The molecule has 0 saturated carbocycles. The van der Waals surface area contributed by atoms with E-state index in [-0.39, 0.29) is 43.9 Å².